The van der Waals surface area contributed by atoms with Crippen molar-refractivity contribution in [2.45, 2.75) is 19.5 Å². The van der Waals surface area contributed by atoms with Crippen LogP contribution in [0.1, 0.15) is 12.0 Å². The largest absolute Gasteiger partial charge is 0.323 e. The Balaban J connectivity index is 1.51. The minimum atomic E-state index is -0.530. The van der Waals surface area contributed by atoms with E-state index in [2.05, 4.69) is 15.5 Å². The molecule has 10 heteroatoms. The molecule has 0 spiro atoms. The van der Waals surface area contributed by atoms with Crippen LogP contribution in [0.3, 0.4) is 0 Å². The van der Waals surface area contributed by atoms with Crippen LogP contribution in [0, 0.1) is 10.1 Å². The van der Waals surface area contributed by atoms with E-state index >= 15 is 0 Å². The predicted molar refractivity (Wildman–Crippen MR) is 94.9 cm³/mol. The van der Waals surface area contributed by atoms with Crippen LogP contribution < -0.4 is 5.32 Å². The molecular weight excluding hydrogens is 360 g/mol. The molecule has 26 heavy (non-hydrogen) atoms. The Morgan fingerprint density at radius 1 is 1.23 bits per heavy atom. The first-order chi connectivity index (χ1) is 12.5. The molecule has 9 nitrogen and oxygen atoms in total. The molecule has 2 aromatic heterocycles. The second-order valence-electron chi connectivity index (χ2n) is 5.57. The summed E-state index contributed by atoms with van der Waals surface area (Å²) in [6, 6.07) is 7.46. The first kappa shape index (κ1) is 17.6. The lowest BCUT2D eigenvalue weighted by atomic mass is 10.2. The van der Waals surface area contributed by atoms with Gasteiger partial charge < -0.3 is 5.32 Å². The number of carbonyl (C=O) groups is 1. The van der Waals surface area contributed by atoms with E-state index < -0.39 is 4.92 Å². The number of nitrogens with one attached hydrogen (secondary N) is 1. The number of benzene rings is 1. The van der Waals surface area contributed by atoms with E-state index in [0.29, 0.717) is 17.3 Å². The molecule has 3 rings (SSSR count). The first-order valence-corrected chi connectivity index (χ1v) is 8.11. The average molecular weight is 375 g/mol. The third kappa shape index (κ3) is 4.67. The third-order valence-electron chi connectivity index (χ3n) is 3.55. The lowest BCUT2D eigenvalue weighted by molar-refractivity contribution is -0.385. The summed E-state index contributed by atoms with van der Waals surface area (Å²) in [6.45, 7) is 0.781. The van der Waals surface area contributed by atoms with Crippen molar-refractivity contribution < 1.29 is 9.72 Å². The number of nitro groups is 1. The molecule has 0 radical (unpaired) electrons. The Hall–Kier alpha value is -3.20. The first-order valence-electron chi connectivity index (χ1n) is 7.73. The number of halogens is 1. The second-order valence-corrected chi connectivity index (χ2v) is 6.01. The Bertz CT molecular complexity index is 935. The minimum Gasteiger partial charge on any atom is -0.323 e. The molecule has 0 unspecified atom stereocenters. The highest BCUT2D eigenvalue weighted by molar-refractivity contribution is 6.30. The van der Waals surface area contributed by atoms with Crippen molar-refractivity contribution in [2.24, 2.45) is 0 Å². The van der Waals surface area contributed by atoms with Gasteiger partial charge >= 0.3 is 5.69 Å². The Kier molecular flexibility index (Phi) is 5.28. The van der Waals surface area contributed by atoms with Crippen molar-refractivity contribution in [1.29, 1.82) is 0 Å². The monoisotopic (exact) mass is 374 g/mol. The highest BCUT2D eigenvalue weighted by atomic mass is 35.5. The second kappa shape index (κ2) is 7.79. The average Bonchev–Trinajstić information content (AvgIpc) is 3.23. The van der Waals surface area contributed by atoms with Crippen molar-refractivity contribution in [3.8, 4) is 0 Å². The zero-order valence-electron chi connectivity index (χ0n) is 13.6. The fourth-order valence-corrected chi connectivity index (χ4v) is 2.56. The summed E-state index contributed by atoms with van der Waals surface area (Å²) in [6.07, 6.45) is 5.85. The van der Waals surface area contributed by atoms with Crippen LogP contribution in [-0.2, 0) is 17.9 Å². The number of amides is 1. The van der Waals surface area contributed by atoms with Gasteiger partial charge in [-0.15, -0.1) is 0 Å². The molecule has 2 heterocycles. The smallest absolute Gasteiger partial charge is 0.306 e. The van der Waals surface area contributed by atoms with E-state index in [1.54, 1.807) is 23.1 Å². The molecule has 3 aromatic rings. The number of hydrogen-bond acceptors (Lipinski definition) is 5. The third-order valence-corrected chi connectivity index (χ3v) is 3.78. The lowest BCUT2D eigenvalue weighted by Gasteiger charge is -2.03. The van der Waals surface area contributed by atoms with Gasteiger partial charge in [0.05, 0.1) is 23.4 Å². The molecule has 0 aliphatic rings. The molecule has 1 amide bonds. The summed E-state index contributed by atoms with van der Waals surface area (Å²) in [5.41, 5.74) is 1.47. The molecule has 0 aliphatic heterocycles. The van der Waals surface area contributed by atoms with E-state index in [1.165, 1.54) is 10.9 Å². The van der Waals surface area contributed by atoms with Crippen LogP contribution in [0.5, 0.6) is 0 Å². The van der Waals surface area contributed by atoms with Gasteiger partial charge in [-0.2, -0.15) is 10.2 Å². The van der Waals surface area contributed by atoms with Crippen LogP contribution >= 0.6 is 11.6 Å². The standard InChI is InChI=1S/C16H15ClN6O3/c17-13-3-1-2-12(6-13)9-22-10-14(7-18-22)20-16(24)4-5-21-11-15(8-19-21)23(25)26/h1-3,6-8,10-11H,4-5,9H2,(H,20,24). The zero-order chi connectivity index (χ0) is 18.5. The maximum atomic E-state index is 12.0. The summed E-state index contributed by atoms with van der Waals surface area (Å²) in [7, 11) is 0. The SMILES string of the molecule is O=C(CCn1cc([N+](=O)[O-])cn1)Nc1cnn(Cc2cccc(Cl)c2)c1. The minimum absolute atomic E-state index is 0.104. The maximum absolute atomic E-state index is 12.0. The Labute approximate surface area is 153 Å². The van der Waals surface area contributed by atoms with Gasteiger partial charge in [0.2, 0.25) is 5.91 Å². The van der Waals surface area contributed by atoms with Crippen molar-refractivity contribution in [1.82, 2.24) is 19.6 Å². The van der Waals surface area contributed by atoms with Crippen molar-refractivity contribution >= 4 is 28.9 Å². The molecular formula is C16H15ClN6O3. The number of hydrogen-bond donors (Lipinski definition) is 1. The predicted octanol–water partition coefficient (Wildman–Crippen LogP) is 2.72. The highest BCUT2D eigenvalue weighted by Gasteiger charge is 2.10. The molecule has 0 bridgehead atoms. The number of carbonyl (C=O) groups excluding carboxylic acids is 1. The van der Waals surface area contributed by atoms with Gasteiger partial charge in [0.1, 0.15) is 12.4 Å². The summed E-state index contributed by atoms with van der Waals surface area (Å²) in [5, 5.41) is 22.0. The zero-order valence-corrected chi connectivity index (χ0v) is 14.3. The van der Waals surface area contributed by atoms with Crippen molar-refractivity contribution in [3.05, 3.63) is 69.8 Å². The molecule has 0 fully saturated rings. The number of aryl methyl sites for hydroxylation is 1. The van der Waals surface area contributed by atoms with Gasteiger partial charge in [0.15, 0.2) is 0 Å². The number of anilines is 1. The van der Waals surface area contributed by atoms with Gasteiger partial charge in [-0.05, 0) is 17.7 Å². The quantitative estimate of drug-likeness (QED) is 0.505. The molecule has 0 saturated carbocycles. The van der Waals surface area contributed by atoms with Crippen LogP contribution in [0.2, 0.25) is 5.02 Å². The fourth-order valence-electron chi connectivity index (χ4n) is 2.35. The van der Waals surface area contributed by atoms with E-state index in [-0.39, 0.29) is 24.6 Å². The van der Waals surface area contributed by atoms with E-state index in [1.807, 2.05) is 18.2 Å². The fraction of sp³-hybridized carbons (Fsp3) is 0.188. The van der Waals surface area contributed by atoms with Gasteiger partial charge in [0, 0.05) is 24.2 Å². The summed E-state index contributed by atoms with van der Waals surface area (Å²) >= 11 is 5.96. The van der Waals surface area contributed by atoms with Crippen molar-refractivity contribution in [2.75, 3.05) is 5.32 Å². The Morgan fingerprint density at radius 3 is 2.77 bits per heavy atom. The Morgan fingerprint density at radius 2 is 2.04 bits per heavy atom. The van der Waals surface area contributed by atoms with Crippen molar-refractivity contribution in [3.63, 3.8) is 0 Å². The summed E-state index contributed by atoms with van der Waals surface area (Å²) in [5.74, 6) is -0.231. The summed E-state index contributed by atoms with van der Waals surface area (Å²) < 4.78 is 3.05. The molecule has 0 aliphatic carbocycles. The van der Waals surface area contributed by atoms with Gasteiger partial charge in [-0.3, -0.25) is 24.3 Å². The lowest BCUT2D eigenvalue weighted by Crippen LogP contribution is -2.14. The normalized spacial score (nSPS) is 10.7. The van der Waals surface area contributed by atoms with E-state index in [0.717, 1.165) is 11.8 Å². The maximum Gasteiger partial charge on any atom is 0.306 e. The number of aromatic nitrogens is 4. The highest BCUT2D eigenvalue weighted by Crippen LogP contribution is 2.13. The van der Waals surface area contributed by atoms with Gasteiger partial charge in [-0.25, -0.2) is 0 Å². The number of nitrogens with zero attached hydrogens (tertiary/aromatic N) is 5. The summed E-state index contributed by atoms with van der Waals surface area (Å²) in [4.78, 5) is 22.1. The van der Waals surface area contributed by atoms with Crippen LogP contribution in [0.25, 0.3) is 0 Å². The molecule has 0 atom stereocenters. The van der Waals surface area contributed by atoms with Gasteiger partial charge in [-0.1, -0.05) is 23.7 Å². The van der Waals surface area contributed by atoms with E-state index in [4.69, 9.17) is 11.6 Å². The van der Waals surface area contributed by atoms with Crippen LogP contribution in [0.15, 0.2) is 49.1 Å². The van der Waals surface area contributed by atoms with E-state index in [9.17, 15) is 14.9 Å². The molecule has 0 saturated heterocycles. The molecule has 1 aromatic carbocycles. The number of rotatable bonds is 7. The molecule has 134 valence electrons. The van der Waals surface area contributed by atoms with Crippen LogP contribution in [0.4, 0.5) is 11.4 Å². The topological polar surface area (TPSA) is 108 Å². The van der Waals surface area contributed by atoms with Gasteiger partial charge in [0.25, 0.3) is 0 Å². The van der Waals surface area contributed by atoms with Crippen LogP contribution in [-0.4, -0.2) is 30.4 Å². The molecule has 1 N–H and O–H groups in total.